The standard InChI is InChI=1S/C36H37Cl3FN9O4S2/c1-19(2)26-14-24(37)12-22(34(26)29-16-47(5)44-41-29)10-20(3)27-15-25(38)13-23(36(27)49-18-32(43-46-49)55(7,52)53)11-21(4)33-30(9-8-28(39)35(33)40)48-17-31(42-45-48)54(6,50)51/h8-9,12-21H,10-11H2,1-7H3. The van der Waals surface area contributed by atoms with E-state index in [4.69, 9.17) is 34.8 Å². The highest BCUT2D eigenvalue weighted by molar-refractivity contribution is 7.90. The van der Waals surface area contributed by atoms with Crippen LogP contribution in [0.4, 0.5) is 4.39 Å². The van der Waals surface area contributed by atoms with Crippen LogP contribution in [-0.2, 0) is 39.6 Å². The van der Waals surface area contributed by atoms with Gasteiger partial charge in [0.2, 0.25) is 0 Å². The van der Waals surface area contributed by atoms with Gasteiger partial charge in [-0.05, 0) is 89.2 Å². The Morgan fingerprint density at radius 2 is 1.27 bits per heavy atom. The first-order valence-corrected chi connectivity index (χ1v) is 21.9. The molecule has 13 nitrogen and oxygen atoms in total. The van der Waals surface area contributed by atoms with Crippen LogP contribution in [-0.4, -0.2) is 74.3 Å². The van der Waals surface area contributed by atoms with Gasteiger partial charge in [0, 0.05) is 40.7 Å². The first-order valence-electron chi connectivity index (χ1n) is 17.0. The Kier molecular flexibility index (Phi) is 11.3. The summed E-state index contributed by atoms with van der Waals surface area (Å²) in [6, 6.07) is 10.2. The van der Waals surface area contributed by atoms with Crippen molar-refractivity contribution in [2.24, 2.45) is 7.05 Å². The molecule has 3 heterocycles. The smallest absolute Gasteiger partial charge is 0.197 e. The van der Waals surface area contributed by atoms with Gasteiger partial charge in [-0.2, -0.15) is 0 Å². The van der Waals surface area contributed by atoms with E-state index in [2.05, 4.69) is 44.8 Å². The molecule has 0 saturated heterocycles. The Balaban J connectivity index is 1.51. The molecule has 0 bridgehead atoms. The van der Waals surface area contributed by atoms with Crippen molar-refractivity contribution in [2.45, 2.75) is 68.3 Å². The lowest BCUT2D eigenvalue weighted by atomic mass is 9.84. The highest BCUT2D eigenvalue weighted by Gasteiger charge is 2.28. The molecule has 0 N–H and O–H groups in total. The number of halogens is 4. The Bertz CT molecular complexity index is 2660. The Morgan fingerprint density at radius 1 is 0.709 bits per heavy atom. The van der Waals surface area contributed by atoms with Crippen LogP contribution in [0, 0.1) is 5.82 Å². The molecule has 3 aromatic carbocycles. The SMILES string of the molecule is CC(C)c1cc(Cl)cc(CC(C)c2cc(Cl)cc(CC(C)c3c(-n4cc(S(C)(=O)=O)nn4)ccc(Cl)c3F)c2-n2cc(S(C)(=O)=O)nn2)c1-c1cn(C)nn1. The quantitative estimate of drug-likeness (QED) is 0.122. The normalized spacial score (nSPS) is 13.5. The molecule has 0 spiro atoms. The average molecular weight is 849 g/mol. The van der Waals surface area contributed by atoms with Crippen molar-refractivity contribution >= 4 is 54.5 Å². The molecule has 0 aliphatic carbocycles. The second-order valence-electron chi connectivity index (χ2n) is 14.0. The van der Waals surface area contributed by atoms with Crippen molar-refractivity contribution in [2.75, 3.05) is 12.5 Å². The maximum atomic E-state index is 16.1. The second-order valence-corrected chi connectivity index (χ2v) is 19.2. The van der Waals surface area contributed by atoms with Gasteiger partial charge in [0.1, 0.15) is 11.5 Å². The zero-order chi connectivity index (χ0) is 40.1. The van der Waals surface area contributed by atoms with Crippen LogP contribution in [0.1, 0.15) is 73.3 Å². The molecule has 6 rings (SSSR count). The van der Waals surface area contributed by atoms with Crippen molar-refractivity contribution in [3.05, 3.63) is 104 Å². The highest BCUT2D eigenvalue weighted by atomic mass is 35.5. The van der Waals surface area contributed by atoms with Crippen LogP contribution in [0.2, 0.25) is 15.1 Å². The minimum absolute atomic E-state index is 0.108. The first-order chi connectivity index (χ1) is 25.7. The fraction of sp³-hybridized carbons (Fsp3) is 0.333. The summed E-state index contributed by atoms with van der Waals surface area (Å²) in [5, 5.41) is 24.8. The van der Waals surface area contributed by atoms with E-state index < -0.39 is 31.4 Å². The molecule has 3 aromatic heterocycles. The lowest BCUT2D eigenvalue weighted by Crippen LogP contribution is -2.14. The van der Waals surface area contributed by atoms with Gasteiger partial charge in [0.05, 0.1) is 35.0 Å². The molecule has 0 amide bonds. The summed E-state index contributed by atoms with van der Waals surface area (Å²) in [5.41, 5.74) is 5.68. The zero-order valence-corrected chi connectivity index (χ0v) is 34.7. The topological polar surface area (TPSA) is 160 Å². The van der Waals surface area contributed by atoms with Gasteiger partial charge < -0.3 is 0 Å². The summed E-state index contributed by atoms with van der Waals surface area (Å²) in [7, 11) is -5.65. The molecule has 2 atom stereocenters. The predicted molar refractivity (Wildman–Crippen MR) is 209 cm³/mol. The monoisotopic (exact) mass is 847 g/mol. The van der Waals surface area contributed by atoms with Crippen molar-refractivity contribution in [1.29, 1.82) is 0 Å². The summed E-state index contributed by atoms with van der Waals surface area (Å²) >= 11 is 19.9. The van der Waals surface area contributed by atoms with Crippen molar-refractivity contribution in [3.63, 3.8) is 0 Å². The number of rotatable bonds is 12. The molecule has 55 heavy (non-hydrogen) atoms. The minimum Gasteiger partial charge on any atom is -0.255 e. The lowest BCUT2D eigenvalue weighted by Gasteiger charge is -2.24. The molecule has 0 aliphatic rings. The van der Waals surface area contributed by atoms with Gasteiger partial charge in [-0.15, -0.1) is 15.3 Å². The Hall–Kier alpha value is -4.22. The number of aryl methyl sites for hydroxylation is 1. The second kappa shape index (κ2) is 15.4. The van der Waals surface area contributed by atoms with E-state index in [1.165, 1.54) is 33.9 Å². The summed E-state index contributed by atoms with van der Waals surface area (Å²) in [6.07, 6.45) is 7.01. The third kappa shape index (κ3) is 8.48. The molecule has 0 fully saturated rings. The maximum absolute atomic E-state index is 16.1. The van der Waals surface area contributed by atoms with Crippen molar-refractivity contribution in [1.82, 2.24) is 45.0 Å². The summed E-state index contributed by atoms with van der Waals surface area (Å²) in [4.78, 5) is 0. The average Bonchev–Trinajstić information content (AvgIpc) is 3.87. The fourth-order valence-corrected chi connectivity index (χ4v) is 8.34. The minimum atomic E-state index is -3.74. The van der Waals surface area contributed by atoms with Crippen LogP contribution in [0.15, 0.2) is 65.0 Å². The molecule has 0 aliphatic heterocycles. The summed E-state index contributed by atoms with van der Waals surface area (Å²) in [6.45, 7) is 7.93. The number of nitrogens with zero attached hydrogens (tertiary/aromatic N) is 9. The molecule has 6 aromatic rings. The van der Waals surface area contributed by atoms with E-state index in [0.29, 0.717) is 39.0 Å². The number of hydrogen-bond acceptors (Lipinski definition) is 10. The number of benzene rings is 3. The van der Waals surface area contributed by atoms with E-state index in [-0.39, 0.29) is 44.6 Å². The van der Waals surface area contributed by atoms with Crippen LogP contribution in [0.3, 0.4) is 0 Å². The molecule has 0 radical (unpaired) electrons. The van der Waals surface area contributed by atoms with E-state index in [1.807, 2.05) is 25.3 Å². The van der Waals surface area contributed by atoms with Gasteiger partial charge in [0.15, 0.2) is 29.7 Å². The number of sulfone groups is 2. The van der Waals surface area contributed by atoms with Gasteiger partial charge in [-0.1, -0.05) is 78.1 Å². The first kappa shape index (κ1) is 40.4. The number of hydrogen-bond donors (Lipinski definition) is 0. The number of aromatic nitrogens is 9. The van der Waals surface area contributed by atoms with E-state index in [9.17, 15) is 16.8 Å². The van der Waals surface area contributed by atoms with Gasteiger partial charge in [-0.25, -0.2) is 30.6 Å². The maximum Gasteiger partial charge on any atom is 0.197 e. The molecule has 290 valence electrons. The predicted octanol–water partition coefficient (Wildman–Crippen LogP) is 7.37. The summed E-state index contributed by atoms with van der Waals surface area (Å²) in [5.74, 6) is -1.54. The highest BCUT2D eigenvalue weighted by Crippen LogP contribution is 2.40. The molecule has 0 saturated carbocycles. The Labute approximate surface area is 333 Å². The molecular weight excluding hydrogens is 812 g/mol. The third-order valence-corrected chi connectivity index (χ3v) is 11.9. The van der Waals surface area contributed by atoms with Gasteiger partial charge in [0.25, 0.3) is 0 Å². The van der Waals surface area contributed by atoms with Crippen molar-refractivity contribution in [3.8, 4) is 22.6 Å². The molecule has 19 heteroatoms. The van der Waals surface area contributed by atoms with E-state index >= 15 is 4.39 Å². The zero-order valence-electron chi connectivity index (χ0n) is 30.8. The molecule has 2 unspecified atom stereocenters. The van der Waals surface area contributed by atoms with Crippen LogP contribution in [0.5, 0.6) is 0 Å². The van der Waals surface area contributed by atoms with Gasteiger partial charge >= 0.3 is 0 Å². The Morgan fingerprint density at radius 3 is 1.84 bits per heavy atom. The largest absolute Gasteiger partial charge is 0.255 e. The van der Waals surface area contributed by atoms with Gasteiger partial charge in [-0.3, -0.25) is 4.68 Å². The van der Waals surface area contributed by atoms with Crippen molar-refractivity contribution < 1.29 is 21.2 Å². The van der Waals surface area contributed by atoms with E-state index in [1.54, 1.807) is 30.8 Å². The van der Waals surface area contributed by atoms with Crippen LogP contribution in [0.25, 0.3) is 22.6 Å². The summed E-state index contributed by atoms with van der Waals surface area (Å²) < 4.78 is 69.8. The molecular formula is C36H37Cl3FN9O4S2. The van der Waals surface area contributed by atoms with Crippen LogP contribution >= 0.6 is 34.8 Å². The van der Waals surface area contributed by atoms with Crippen LogP contribution < -0.4 is 0 Å². The fourth-order valence-electron chi connectivity index (χ4n) is 6.73. The lowest BCUT2D eigenvalue weighted by molar-refractivity contribution is 0.581. The third-order valence-electron chi connectivity index (χ3n) is 9.25. The van der Waals surface area contributed by atoms with E-state index in [0.717, 1.165) is 29.2 Å².